The number of anilines is 1. The largest absolute Gasteiger partial charge is 0.505 e. The van der Waals surface area contributed by atoms with Gasteiger partial charge in [0, 0.05) is 11.5 Å². The van der Waals surface area contributed by atoms with E-state index >= 15 is 0 Å². The fraction of sp³-hybridized carbons (Fsp3) is 0.115. The highest BCUT2D eigenvalue weighted by molar-refractivity contribution is 7.86. The Labute approximate surface area is 228 Å². The molecule has 0 aliphatic heterocycles. The zero-order chi connectivity index (χ0) is 27.6. The van der Waals surface area contributed by atoms with E-state index in [9.17, 15) is 22.9 Å². The predicted octanol–water partition coefficient (Wildman–Crippen LogP) is 7.47. The lowest BCUT2D eigenvalue weighted by atomic mass is 10.0. The molecule has 3 N–H and O–H groups in total. The first kappa shape index (κ1) is 27.3. The highest BCUT2D eigenvalue weighted by Gasteiger charge is 2.22. The molecule has 0 aromatic heterocycles. The van der Waals surface area contributed by atoms with Crippen LogP contribution in [0, 0.1) is 6.92 Å². The van der Waals surface area contributed by atoms with Crippen molar-refractivity contribution in [2.24, 2.45) is 10.2 Å². The zero-order valence-corrected chi connectivity index (χ0v) is 22.4. The molecule has 0 heterocycles. The smallest absolute Gasteiger partial charge is 0.296 e. The van der Waals surface area contributed by atoms with Gasteiger partial charge in [0.2, 0.25) is 0 Å². The van der Waals surface area contributed by atoms with E-state index in [2.05, 4.69) is 15.5 Å². The van der Waals surface area contributed by atoms with Gasteiger partial charge in [0.1, 0.15) is 22.0 Å². The van der Waals surface area contributed by atoms with Gasteiger partial charge in [0.15, 0.2) is 5.75 Å². The minimum absolute atomic E-state index is 0.0506. The van der Waals surface area contributed by atoms with Crippen LogP contribution in [0.4, 0.5) is 17.1 Å². The van der Waals surface area contributed by atoms with Gasteiger partial charge in [0.05, 0.1) is 27.9 Å². The van der Waals surface area contributed by atoms with E-state index < -0.39 is 26.7 Å². The molecular formula is C26H21Cl2N3O6S. The highest BCUT2D eigenvalue weighted by atomic mass is 35.5. The maximum Gasteiger partial charge on any atom is 0.296 e. The number of rotatable bonds is 7. The Hall–Kier alpha value is -3.70. The monoisotopic (exact) mass is 573 g/mol. The number of phenols is 1. The number of azo groups is 1. The van der Waals surface area contributed by atoms with Crippen LogP contribution in [0.25, 0.3) is 10.8 Å². The van der Waals surface area contributed by atoms with Gasteiger partial charge < -0.3 is 15.2 Å². The Morgan fingerprint density at radius 2 is 1.74 bits per heavy atom. The lowest BCUT2D eigenvalue weighted by Gasteiger charge is -2.13. The average Bonchev–Trinajstić information content (AvgIpc) is 2.86. The number of halogens is 2. The number of carbonyl (C=O) groups excluding carboxylic acids is 1. The minimum atomic E-state index is -4.69. The third kappa shape index (κ3) is 5.58. The lowest BCUT2D eigenvalue weighted by molar-refractivity contribution is 0.102. The summed E-state index contributed by atoms with van der Waals surface area (Å²) < 4.78 is 38.9. The van der Waals surface area contributed by atoms with Crippen LogP contribution in [-0.2, 0) is 10.1 Å². The lowest BCUT2D eigenvalue weighted by Crippen LogP contribution is -2.12. The highest BCUT2D eigenvalue weighted by Crippen LogP contribution is 2.42. The normalized spacial score (nSPS) is 11.7. The molecule has 0 atom stereocenters. The molecule has 4 rings (SSSR count). The van der Waals surface area contributed by atoms with Crippen molar-refractivity contribution in [1.82, 2.24) is 0 Å². The number of aromatic hydroxyl groups is 1. The molecular weight excluding hydrogens is 553 g/mol. The molecule has 38 heavy (non-hydrogen) atoms. The van der Waals surface area contributed by atoms with Gasteiger partial charge in [0.25, 0.3) is 16.0 Å². The number of hydrogen-bond donors (Lipinski definition) is 3. The predicted molar refractivity (Wildman–Crippen MR) is 146 cm³/mol. The Morgan fingerprint density at radius 1 is 1.03 bits per heavy atom. The third-order valence-electron chi connectivity index (χ3n) is 5.54. The number of amides is 1. The first-order chi connectivity index (χ1) is 18.0. The number of aryl methyl sites for hydroxylation is 1. The second-order valence-electron chi connectivity index (χ2n) is 8.09. The number of phenolic OH excluding ortho intramolecular Hbond substituents is 1. The Bertz CT molecular complexity index is 1710. The summed E-state index contributed by atoms with van der Waals surface area (Å²) in [7, 11) is -4.69. The van der Waals surface area contributed by atoms with Crippen molar-refractivity contribution in [1.29, 1.82) is 0 Å². The fourth-order valence-corrected chi connectivity index (χ4v) is 4.74. The number of benzene rings is 4. The molecule has 1 amide bonds. The summed E-state index contributed by atoms with van der Waals surface area (Å²) in [6, 6.07) is 15.6. The summed E-state index contributed by atoms with van der Waals surface area (Å²) in [5.74, 6) is -0.708. The van der Waals surface area contributed by atoms with Crippen LogP contribution in [0.2, 0.25) is 10.0 Å². The van der Waals surface area contributed by atoms with Crippen molar-refractivity contribution in [2.45, 2.75) is 18.7 Å². The Balaban J connectivity index is 1.83. The molecule has 9 nitrogen and oxygen atoms in total. The molecule has 0 aliphatic rings. The van der Waals surface area contributed by atoms with Crippen LogP contribution in [0.15, 0.2) is 75.8 Å². The van der Waals surface area contributed by atoms with E-state index in [1.54, 1.807) is 49.4 Å². The zero-order valence-electron chi connectivity index (χ0n) is 20.1. The minimum Gasteiger partial charge on any atom is -0.505 e. The molecule has 0 fully saturated rings. The number of ether oxygens (including phenoxy) is 1. The van der Waals surface area contributed by atoms with E-state index in [4.69, 9.17) is 27.9 Å². The van der Waals surface area contributed by atoms with Gasteiger partial charge in [-0.1, -0.05) is 53.5 Å². The third-order valence-corrected chi connectivity index (χ3v) is 7.23. The second-order valence-corrected chi connectivity index (χ2v) is 10.3. The van der Waals surface area contributed by atoms with Crippen molar-refractivity contribution in [2.75, 3.05) is 11.9 Å². The SMILES string of the molecule is CCOc1ccc(Cl)c(NC(=O)c2cc3ccccc3c(N=Nc3c(S(=O)(=O)O)ccc(C)c3Cl)c2O)c1. The van der Waals surface area contributed by atoms with E-state index in [-0.39, 0.29) is 32.7 Å². The van der Waals surface area contributed by atoms with Crippen LogP contribution in [-0.4, -0.2) is 30.6 Å². The summed E-state index contributed by atoms with van der Waals surface area (Å²) in [5, 5.41) is 23.0. The molecule has 4 aromatic carbocycles. The molecule has 0 spiro atoms. The van der Waals surface area contributed by atoms with Crippen molar-refractivity contribution < 1.29 is 27.6 Å². The van der Waals surface area contributed by atoms with Gasteiger partial charge >= 0.3 is 0 Å². The van der Waals surface area contributed by atoms with Gasteiger partial charge in [-0.25, -0.2) is 0 Å². The molecule has 0 unspecified atom stereocenters. The van der Waals surface area contributed by atoms with Crippen molar-refractivity contribution in [3.8, 4) is 11.5 Å². The van der Waals surface area contributed by atoms with E-state index in [1.807, 2.05) is 6.92 Å². The van der Waals surface area contributed by atoms with Gasteiger partial charge in [-0.05, 0) is 49.1 Å². The standard InChI is InChI=1S/C26H21Cl2N3O6S/c1-3-37-16-9-10-19(27)20(13-16)29-26(33)18-12-15-6-4-5-7-17(15)23(25(18)32)30-31-24-21(38(34,35)36)11-8-14(2)22(24)28/h4-13,32H,3H2,1-2H3,(H,29,33)(H,34,35,36). The summed E-state index contributed by atoms with van der Waals surface area (Å²) >= 11 is 12.5. The molecule has 0 bridgehead atoms. The summed E-state index contributed by atoms with van der Waals surface area (Å²) in [6.45, 7) is 3.86. The van der Waals surface area contributed by atoms with Crippen LogP contribution >= 0.6 is 23.2 Å². The molecule has 12 heteroatoms. The molecule has 196 valence electrons. The first-order valence-corrected chi connectivity index (χ1v) is 13.4. The fourth-order valence-electron chi connectivity index (χ4n) is 3.69. The van der Waals surface area contributed by atoms with Crippen LogP contribution in [0.5, 0.6) is 11.5 Å². The van der Waals surface area contributed by atoms with Crippen molar-refractivity contribution in [3.05, 3.63) is 81.8 Å². The Morgan fingerprint density at radius 3 is 2.45 bits per heavy atom. The van der Waals surface area contributed by atoms with Crippen LogP contribution in [0.3, 0.4) is 0 Å². The maximum atomic E-state index is 13.2. The number of nitrogens with one attached hydrogen (secondary N) is 1. The van der Waals surface area contributed by atoms with Crippen LogP contribution in [0.1, 0.15) is 22.8 Å². The molecule has 0 saturated heterocycles. The second kappa shape index (κ2) is 11.0. The topological polar surface area (TPSA) is 138 Å². The average molecular weight is 574 g/mol. The number of fused-ring (bicyclic) bond motifs is 1. The first-order valence-electron chi connectivity index (χ1n) is 11.2. The quantitative estimate of drug-likeness (QED) is 0.155. The number of hydrogen-bond acceptors (Lipinski definition) is 7. The maximum absolute atomic E-state index is 13.2. The van der Waals surface area contributed by atoms with Crippen molar-refractivity contribution in [3.63, 3.8) is 0 Å². The Kier molecular flexibility index (Phi) is 7.89. The number of carbonyl (C=O) groups is 1. The van der Waals surface area contributed by atoms with Crippen molar-refractivity contribution >= 4 is 67.1 Å². The van der Waals surface area contributed by atoms with E-state index in [0.29, 0.717) is 28.7 Å². The van der Waals surface area contributed by atoms with E-state index in [1.165, 1.54) is 12.1 Å². The summed E-state index contributed by atoms with van der Waals surface area (Å²) in [4.78, 5) is 12.7. The summed E-state index contributed by atoms with van der Waals surface area (Å²) in [6.07, 6.45) is 0. The molecule has 0 saturated carbocycles. The van der Waals surface area contributed by atoms with Gasteiger partial charge in [-0.2, -0.15) is 8.42 Å². The molecule has 0 aliphatic carbocycles. The molecule has 0 radical (unpaired) electrons. The van der Waals surface area contributed by atoms with E-state index in [0.717, 1.165) is 6.07 Å². The van der Waals surface area contributed by atoms with Gasteiger partial charge in [-0.15, -0.1) is 10.2 Å². The summed E-state index contributed by atoms with van der Waals surface area (Å²) in [5.41, 5.74) is 0.193. The van der Waals surface area contributed by atoms with Crippen LogP contribution < -0.4 is 10.1 Å². The van der Waals surface area contributed by atoms with Gasteiger partial charge in [-0.3, -0.25) is 9.35 Å². The number of nitrogens with zero attached hydrogens (tertiary/aromatic N) is 2. The molecule has 4 aromatic rings.